The first kappa shape index (κ1) is 17.9. The lowest BCUT2D eigenvalue weighted by Gasteiger charge is -2.08. The maximum Gasteiger partial charge on any atom is 0.319 e. The van der Waals surface area contributed by atoms with E-state index < -0.39 is 0 Å². The number of furan rings is 1. The average Bonchev–Trinajstić information content (AvgIpc) is 3.44. The van der Waals surface area contributed by atoms with E-state index >= 15 is 0 Å². The molecule has 1 saturated carbocycles. The van der Waals surface area contributed by atoms with Crippen LogP contribution in [0, 0.1) is 6.92 Å². The van der Waals surface area contributed by atoms with Crippen molar-refractivity contribution in [2.75, 3.05) is 17.7 Å². The maximum atomic E-state index is 12.6. The molecule has 0 spiro atoms. The summed E-state index contributed by atoms with van der Waals surface area (Å²) in [5, 5.41) is 9.28. The summed E-state index contributed by atoms with van der Waals surface area (Å²) in [5.74, 6) is 0.631. The number of carbonyl (C=O) groups excluding carboxylic acids is 2. The first-order valence-corrected chi connectivity index (χ1v) is 9.09. The summed E-state index contributed by atoms with van der Waals surface area (Å²) in [6, 6.07) is 12.4. The van der Waals surface area contributed by atoms with Crippen LogP contribution >= 0.6 is 0 Å². The smallest absolute Gasteiger partial charge is 0.319 e. The SMILES string of the molecule is COc1ccc2oc(C(=O)Nc3ccc(NC(=O)NC4CC4)cc3)c(C)c2c1. The lowest BCUT2D eigenvalue weighted by Crippen LogP contribution is -2.30. The molecule has 1 heterocycles. The Hall–Kier alpha value is -3.48. The van der Waals surface area contributed by atoms with Gasteiger partial charge in [0.05, 0.1) is 7.11 Å². The van der Waals surface area contributed by atoms with Gasteiger partial charge in [-0.05, 0) is 62.2 Å². The predicted molar refractivity (Wildman–Crippen MR) is 107 cm³/mol. The molecule has 28 heavy (non-hydrogen) atoms. The van der Waals surface area contributed by atoms with E-state index in [2.05, 4.69) is 16.0 Å². The summed E-state index contributed by atoms with van der Waals surface area (Å²) in [7, 11) is 1.60. The molecule has 0 bridgehead atoms. The molecule has 0 aliphatic heterocycles. The Morgan fingerprint density at radius 3 is 2.36 bits per heavy atom. The van der Waals surface area contributed by atoms with Gasteiger partial charge in [0.2, 0.25) is 0 Å². The summed E-state index contributed by atoms with van der Waals surface area (Å²) < 4.78 is 10.9. The van der Waals surface area contributed by atoms with Crippen LogP contribution in [0.5, 0.6) is 5.75 Å². The highest BCUT2D eigenvalue weighted by Gasteiger charge is 2.23. The van der Waals surface area contributed by atoms with Crippen LogP contribution in [-0.2, 0) is 0 Å². The number of amides is 3. The van der Waals surface area contributed by atoms with Crippen LogP contribution in [0.3, 0.4) is 0 Å². The number of benzene rings is 2. The molecular formula is C21H21N3O4. The van der Waals surface area contributed by atoms with Gasteiger partial charge in [-0.15, -0.1) is 0 Å². The third-order valence-electron chi connectivity index (χ3n) is 4.66. The van der Waals surface area contributed by atoms with Gasteiger partial charge in [0.15, 0.2) is 5.76 Å². The number of carbonyl (C=O) groups is 2. The Bertz CT molecular complexity index is 1040. The third kappa shape index (κ3) is 3.78. The Balaban J connectivity index is 1.45. The molecule has 1 aliphatic rings. The summed E-state index contributed by atoms with van der Waals surface area (Å²) >= 11 is 0. The van der Waals surface area contributed by atoms with Crippen LogP contribution in [0.25, 0.3) is 11.0 Å². The van der Waals surface area contributed by atoms with Crippen molar-refractivity contribution in [1.82, 2.24) is 5.32 Å². The molecule has 1 aliphatic carbocycles. The normalized spacial score (nSPS) is 13.2. The Morgan fingerprint density at radius 2 is 1.71 bits per heavy atom. The van der Waals surface area contributed by atoms with Crippen molar-refractivity contribution in [2.45, 2.75) is 25.8 Å². The molecular weight excluding hydrogens is 358 g/mol. The molecule has 0 atom stereocenters. The molecule has 144 valence electrons. The number of rotatable bonds is 5. The van der Waals surface area contributed by atoms with E-state index in [4.69, 9.17) is 9.15 Å². The summed E-state index contributed by atoms with van der Waals surface area (Å²) in [6.07, 6.45) is 2.07. The molecule has 3 N–H and O–H groups in total. The van der Waals surface area contributed by atoms with Crippen molar-refractivity contribution < 1.29 is 18.7 Å². The second kappa shape index (κ2) is 7.26. The minimum absolute atomic E-state index is 0.215. The molecule has 2 aromatic carbocycles. The van der Waals surface area contributed by atoms with Crippen LogP contribution in [0.2, 0.25) is 0 Å². The van der Waals surface area contributed by atoms with Gasteiger partial charge in [0, 0.05) is 28.4 Å². The van der Waals surface area contributed by atoms with Crippen molar-refractivity contribution in [1.29, 1.82) is 0 Å². The van der Waals surface area contributed by atoms with Crippen LogP contribution in [0.4, 0.5) is 16.2 Å². The summed E-state index contributed by atoms with van der Waals surface area (Å²) in [4.78, 5) is 24.4. The lowest BCUT2D eigenvalue weighted by molar-refractivity contribution is 0.0998. The average molecular weight is 379 g/mol. The highest BCUT2D eigenvalue weighted by molar-refractivity contribution is 6.06. The van der Waals surface area contributed by atoms with Gasteiger partial charge in [0.1, 0.15) is 11.3 Å². The van der Waals surface area contributed by atoms with Gasteiger partial charge < -0.3 is 25.1 Å². The summed E-state index contributed by atoms with van der Waals surface area (Å²) in [6.45, 7) is 1.84. The largest absolute Gasteiger partial charge is 0.497 e. The fourth-order valence-corrected chi connectivity index (χ4v) is 2.95. The monoisotopic (exact) mass is 379 g/mol. The van der Waals surface area contributed by atoms with Crippen LogP contribution in [0.1, 0.15) is 29.0 Å². The van der Waals surface area contributed by atoms with Gasteiger partial charge in [-0.1, -0.05) is 0 Å². The topological polar surface area (TPSA) is 92.6 Å². The number of anilines is 2. The zero-order valence-electron chi connectivity index (χ0n) is 15.7. The molecule has 7 heteroatoms. The van der Waals surface area contributed by atoms with Gasteiger partial charge in [-0.3, -0.25) is 4.79 Å². The molecule has 4 rings (SSSR count). The third-order valence-corrected chi connectivity index (χ3v) is 4.66. The first-order chi connectivity index (χ1) is 13.5. The second-order valence-corrected chi connectivity index (χ2v) is 6.82. The molecule has 0 radical (unpaired) electrons. The zero-order chi connectivity index (χ0) is 19.7. The summed E-state index contributed by atoms with van der Waals surface area (Å²) in [5.41, 5.74) is 2.64. The van der Waals surface area contributed by atoms with Crippen molar-refractivity contribution in [3.63, 3.8) is 0 Å². The van der Waals surface area contributed by atoms with Gasteiger partial charge in [-0.2, -0.15) is 0 Å². The highest BCUT2D eigenvalue weighted by Crippen LogP contribution is 2.29. The number of urea groups is 1. The van der Waals surface area contributed by atoms with E-state index in [1.165, 1.54) is 0 Å². The van der Waals surface area contributed by atoms with Crippen molar-refractivity contribution >= 4 is 34.3 Å². The molecule has 7 nitrogen and oxygen atoms in total. The molecule has 0 saturated heterocycles. The molecule has 1 fully saturated rings. The van der Waals surface area contributed by atoms with Crippen molar-refractivity contribution in [3.05, 3.63) is 53.8 Å². The van der Waals surface area contributed by atoms with Crippen LogP contribution in [0.15, 0.2) is 46.9 Å². The number of hydrogen-bond donors (Lipinski definition) is 3. The zero-order valence-corrected chi connectivity index (χ0v) is 15.7. The minimum atomic E-state index is -0.333. The van der Waals surface area contributed by atoms with Crippen LogP contribution in [-0.4, -0.2) is 25.1 Å². The molecule has 3 amide bonds. The Labute approximate surface area is 162 Å². The number of nitrogens with one attached hydrogen (secondary N) is 3. The Kier molecular flexibility index (Phi) is 4.65. The molecule has 0 unspecified atom stereocenters. The second-order valence-electron chi connectivity index (χ2n) is 6.82. The number of aryl methyl sites for hydroxylation is 1. The van der Waals surface area contributed by atoms with E-state index in [9.17, 15) is 9.59 Å². The molecule has 1 aromatic heterocycles. The van der Waals surface area contributed by atoms with Crippen LogP contribution < -0.4 is 20.7 Å². The predicted octanol–water partition coefficient (Wildman–Crippen LogP) is 4.29. The number of ether oxygens (including phenoxy) is 1. The van der Waals surface area contributed by atoms with E-state index in [1.54, 1.807) is 43.5 Å². The first-order valence-electron chi connectivity index (χ1n) is 9.09. The highest BCUT2D eigenvalue weighted by atomic mass is 16.5. The fraction of sp³-hybridized carbons (Fsp3) is 0.238. The van der Waals surface area contributed by atoms with Gasteiger partial charge in [0.25, 0.3) is 5.91 Å². The number of methoxy groups -OCH3 is 1. The fourth-order valence-electron chi connectivity index (χ4n) is 2.95. The minimum Gasteiger partial charge on any atom is -0.497 e. The number of fused-ring (bicyclic) bond motifs is 1. The number of hydrogen-bond acceptors (Lipinski definition) is 4. The quantitative estimate of drug-likeness (QED) is 0.617. The van der Waals surface area contributed by atoms with E-state index in [-0.39, 0.29) is 17.7 Å². The van der Waals surface area contributed by atoms with Gasteiger partial charge >= 0.3 is 6.03 Å². The standard InChI is InChI=1S/C21H21N3O4/c1-12-17-11-16(27-2)9-10-18(17)28-19(12)20(25)22-13-3-5-14(6-4-13)23-21(26)24-15-7-8-15/h3-6,9-11,15H,7-8H2,1-2H3,(H,22,25)(H2,23,24,26). The Morgan fingerprint density at radius 1 is 1.04 bits per heavy atom. The van der Waals surface area contributed by atoms with Crippen molar-refractivity contribution in [2.24, 2.45) is 0 Å². The van der Waals surface area contributed by atoms with Gasteiger partial charge in [-0.25, -0.2) is 4.79 Å². The molecule has 3 aromatic rings. The lowest BCUT2D eigenvalue weighted by atomic mass is 10.1. The van der Waals surface area contributed by atoms with E-state index in [0.29, 0.717) is 28.7 Å². The van der Waals surface area contributed by atoms with Crippen molar-refractivity contribution in [3.8, 4) is 5.75 Å². The van der Waals surface area contributed by atoms with E-state index in [0.717, 1.165) is 23.8 Å². The maximum absolute atomic E-state index is 12.6. The van der Waals surface area contributed by atoms with E-state index in [1.807, 2.05) is 13.0 Å².